The first-order valence-corrected chi connectivity index (χ1v) is 4.62. The number of rotatable bonds is 1. The molecule has 0 bridgehead atoms. The van der Waals surface area contributed by atoms with Crippen LogP contribution in [0.15, 0.2) is 36.4 Å². The van der Waals surface area contributed by atoms with Crippen LogP contribution in [0.3, 0.4) is 0 Å². The van der Waals surface area contributed by atoms with Crippen molar-refractivity contribution >= 4 is 11.6 Å². The fraction of sp³-hybridized carbons (Fsp3) is 0. The van der Waals surface area contributed by atoms with Gasteiger partial charge in [0, 0.05) is 11.6 Å². The molecule has 0 fully saturated rings. The van der Waals surface area contributed by atoms with Gasteiger partial charge in [-0.05, 0) is 24.3 Å². The van der Waals surface area contributed by atoms with Gasteiger partial charge in [0.15, 0.2) is 0 Å². The summed E-state index contributed by atoms with van der Waals surface area (Å²) in [5.41, 5.74) is 0.624. The zero-order chi connectivity index (χ0) is 10.8. The summed E-state index contributed by atoms with van der Waals surface area (Å²) in [6.07, 6.45) is 0. The highest BCUT2D eigenvalue weighted by Gasteiger charge is 2.07. The third-order valence-corrected chi connectivity index (χ3v) is 2.13. The van der Waals surface area contributed by atoms with Crippen molar-refractivity contribution in [3.63, 3.8) is 0 Å². The van der Waals surface area contributed by atoms with Crippen LogP contribution in [-0.2, 0) is 0 Å². The van der Waals surface area contributed by atoms with Gasteiger partial charge in [-0.15, -0.1) is 0 Å². The minimum Gasteiger partial charge on any atom is -0.236 e. The smallest absolute Gasteiger partial charge is 0.135 e. The molecule has 2 aromatic rings. The number of aromatic nitrogens is 1. The molecule has 0 spiro atoms. The van der Waals surface area contributed by atoms with E-state index in [1.54, 1.807) is 18.2 Å². The fourth-order valence-corrected chi connectivity index (χ4v) is 1.42. The van der Waals surface area contributed by atoms with E-state index in [4.69, 9.17) is 11.6 Å². The Kier molecular flexibility index (Phi) is 2.64. The highest BCUT2D eigenvalue weighted by atomic mass is 35.5. The molecule has 1 aromatic heterocycles. The molecule has 0 unspecified atom stereocenters. The Hall–Kier alpha value is -1.48. The van der Waals surface area contributed by atoms with E-state index in [1.807, 2.05) is 0 Å². The van der Waals surface area contributed by atoms with Crippen LogP contribution in [0.5, 0.6) is 0 Å². The van der Waals surface area contributed by atoms with Crippen molar-refractivity contribution in [3.8, 4) is 11.3 Å². The van der Waals surface area contributed by atoms with Gasteiger partial charge in [-0.2, -0.15) is 0 Å². The second-order valence-corrected chi connectivity index (χ2v) is 3.36. The van der Waals surface area contributed by atoms with E-state index in [9.17, 15) is 8.78 Å². The molecule has 0 amide bonds. The Morgan fingerprint density at radius 2 is 1.87 bits per heavy atom. The number of halogens is 3. The van der Waals surface area contributed by atoms with Gasteiger partial charge in [0.05, 0.1) is 5.69 Å². The summed E-state index contributed by atoms with van der Waals surface area (Å²) in [5.74, 6) is -1.26. The number of nitrogens with zero attached hydrogens (tertiary/aromatic N) is 1. The van der Waals surface area contributed by atoms with Crippen molar-refractivity contribution in [1.82, 2.24) is 4.98 Å². The summed E-state index contributed by atoms with van der Waals surface area (Å²) in [4.78, 5) is 3.94. The van der Waals surface area contributed by atoms with Crippen LogP contribution in [0.2, 0.25) is 5.15 Å². The molecule has 15 heavy (non-hydrogen) atoms. The quantitative estimate of drug-likeness (QED) is 0.675. The Labute approximate surface area is 90.3 Å². The van der Waals surface area contributed by atoms with Gasteiger partial charge in [-0.25, -0.2) is 13.8 Å². The molecular formula is C11H6ClF2N. The second kappa shape index (κ2) is 3.95. The van der Waals surface area contributed by atoms with E-state index in [2.05, 4.69) is 4.98 Å². The molecule has 0 N–H and O–H groups in total. The lowest BCUT2D eigenvalue weighted by Gasteiger charge is -2.02. The Balaban J connectivity index is 2.54. The van der Waals surface area contributed by atoms with Gasteiger partial charge in [0.2, 0.25) is 0 Å². The maximum Gasteiger partial charge on any atom is 0.135 e. The minimum atomic E-state index is -0.648. The summed E-state index contributed by atoms with van der Waals surface area (Å²) in [5, 5.41) is 0.274. The molecule has 4 heteroatoms. The Bertz CT molecular complexity index is 500. The predicted octanol–water partition coefficient (Wildman–Crippen LogP) is 3.68. The summed E-state index contributed by atoms with van der Waals surface area (Å²) in [7, 11) is 0. The summed E-state index contributed by atoms with van der Waals surface area (Å²) in [6.45, 7) is 0. The number of hydrogen-bond donors (Lipinski definition) is 0. The first kappa shape index (κ1) is 10.1. The van der Waals surface area contributed by atoms with E-state index in [-0.39, 0.29) is 10.7 Å². The SMILES string of the molecule is Fc1ccc(-c2cccc(Cl)n2)c(F)c1. The van der Waals surface area contributed by atoms with Gasteiger partial charge in [0.1, 0.15) is 16.8 Å². The highest BCUT2D eigenvalue weighted by Crippen LogP contribution is 2.22. The third kappa shape index (κ3) is 2.13. The second-order valence-electron chi connectivity index (χ2n) is 2.97. The zero-order valence-electron chi connectivity index (χ0n) is 7.55. The predicted molar refractivity (Wildman–Crippen MR) is 54.6 cm³/mol. The van der Waals surface area contributed by atoms with Crippen LogP contribution in [0.4, 0.5) is 8.78 Å². The standard InChI is InChI=1S/C11H6ClF2N/c12-11-3-1-2-10(15-11)8-5-4-7(13)6-9(8)14/h1-6H. The normalized spacial score (nSPS) is 10.3. The highest BCUT2D eigenvalue weighted by molar-refractivity contribution is 6.29. The van der Waals surface area contributed by atoms with E-state index < -0.39 is 11.6 Å². The number of pyridine rings is 1. The lowest BCUT2D eigenvalue weighted by atomic mass is 10.1. The molecule has 1 nitrogen and oxygen atoms in total. The molecule has 0 aliphatic heterocycles. The molecule has 0 saturated heterocycles. The van der Waals surface area contributed by atoms with Crippen LogP contribution < -0.4 is 0 Å². The molecule has 0 aliphatic carbocycles. The molecule has 2 rings (SSSR count). The zero-order valence-corrected chi connectivity index (χ0v) is 8.30. The fourth-order valence-electron chi connectivity index (χ4n) is 1.26. The van der Waals surface area contributed by atoms with Gasteiger partial charge in [0.25, 0.3) is 0 Å². The Morgan fingerprint density at radius 1 is 1.07 bits per heavy atom. The van der Waals surface area contributed by atoms with Crippen LogP contribution in [0.1, 0.15) is 0 Å². The number of hydrogen-bond acceptors (Lipinski definition) is 1. The number of benzene rings is 1. The molecule has 76 valence electrons. The Morgan fingerprint density at radius 3 is 2.53 bits per heavy atom. The average Bonchev–Trinajstić information content (AvgIpc) is 2.17. The average molecular weight is 226 g/mol. The first-order chi connectivity index (χ1) is 7.16. The van der Waals surface area contributed by atoms with E-state index in [0.29, 0.717) is 5.69 Å². The van der Waals surface area contributed by atoms with Crippen molar-refractivity contribution in [2.45, 2.75) is 0 Å². The van der Waals surface area contributed by atoms with Gasteiger partial charge in [-0.3, -0.25) is 0 Å². The summed E-state index contributed by atoms with van der Waals surface area (Å²) in [6, 6.07) is 8.20. The lowest BCUT2D eigenvalue weighted by Crippen LogP contribution is -1.89. The van der Waals surface area contributed by atoms with Gasteiger partial charge in [-0.1, -0.05) is 17.7 Å². The third-order valence-electron chi connectivity index (χ3n) is 1.92. The van der Waals surface area contributed by atoms with Crippen LogP contribution in [0.25, 0.3) is 11.3 Å². The minimum absolute atomic E-state index is 0.235. The van der Waals surface area contributed by atoms with Gasteiger partial charge < -0.3 is 0 Å². The van der Waals surface area contributed by atoms with Gasteiger partial charge >= 0.3 is 0 Å². The topological polar surface area (TPSA) is 12.9 Å². The molecular weight excluding hydrogens is 220 g/mol. The largest absolute Gasteiger partial charge is 0.236 e. The lowest BCUT2D eigenvalue weighted by molar-refractivity contribution is 0.585. The van der Waals surface area contributed by atoms with Crippen molar-refractivity contribution in [2.75, 3.05) is 0 Å². The molecule has 0 saturated carbocycles. The maximum atomic E-state index is 13.3. The van der Waals surface area contributed by atoms with Crippen molar-refractivity contribution in [1.29, 1.82) is 0 Å². The van der Waals surface area contributed by atoms with Crippen LogP contribution in [0, 0.1) is 11.6 Å². The van der Waals surface area contributed by atoms with Crippen molar-refractivity contribution in [2.24, 2.45) is 0 Å². The van der Waals surface area contributed by atoms with Crippen LogP contribution in [-0.4, -0.2) is 4.98 Å². The molecule has 0 atom stereocenters. The van der Waals surface area contributed by atoms with E-state index in [0.717, 1.165) is 6.07 Å². The van der Waals surface area contributed by atoms with E-state index in [1.165, 1.54) is 12.1 Å². The van der Waals surface area contributed by atoms with Crippen molar-refractivity contribution in [3.05, 3.63) is 53.2 Å². The van der Waals surface area contributed by atoms with Crippen molar-refractivity contribution < 1.29 is 8.78 Å². The summed E-state index contributed by atoms with van der Waals surface area (Å²) < 4.78 is 26.0. The molecule has 0 aliphatic rings. The summed E-state index contributed by atoms with van der Waals surface area (Å²) >= 11 is 5.67. The monoisotopic (exact) mass is 225 g/mol. The van der Waals surface area contributed by atoms with E-state index >= 15 is 0 Å². The molecule has 1 aromatic carbocycles. The molecule has 1 heterocycles. The van der Waals surface area contributed by atoms with Crippen LogP contribution >= 0.6 is 11.6 Å². The molecule has 0 radical (unpaired) electrons. The maximum absolute atomic E-state index is 13.3. The first-order valence-electron chi connectivity index (χ1n) is 4.25.